The van der Waals surface area contributed by atoms with Crippen LogP contribution in [0, 0.1) is 5.21 Å². The van der Waals surface area contributed by atoms with Crippen LogP contribution >= 0.6 is 0 Å². The van der Waals surface area contributed by atoms with Gasteiger partial charge in [0, 0.05) is 58.9 Å². The van der Waals surface area contributed by atoms with Gasteiger partial charge in [-0.05, 0) is 35.4 Å². The number of esters is 1. The fourth-order valence-corrected chi connectivity index (χ4v) is 3.43. The molecule has 0 aromatic heterocycles. The highest BCUT2D eigenvalue weighted by molar-refractivity contribution is 5.89. The molecular formula is C23H32N5O4-. The smallest absolute Gasteiger partial charge is 0.338 e. The van der Waals surface area contributed by atoms with Crippen LogP contribution in [0.5, 0.6) is 0 Å². The van der Waals surface area contributed by atoms with Gasteiger partial charge in [0.15, 0.2) is 0 Å². The van der Waals surface area contributed by atoms with Crippen molar-refractivity contribution in [2.24, 2.45) is 0 Å². The Labute approximate surface area is 188 Å². The molecule has 1 aliphatic heterocycles. The topological polar surface area (TPSA) is 112 Å². The van der Waals surface area contributed by atoms with Gasteiger partial charge in [-0.3, -0.25) is 10.1 Å². The second kappa shape index (κ2) is 13.1. The van der Waals surface area contributed by atoms with Crippen molar-refractivity contribution in [2.45, 2.75) is 13.2 Å². The maximum Gasteiger partial charge on any atom is 0.338 e. The number of hydrogen-bond donors (Lipinski definition) is 4. The van der Waals surface area contributed by atoms with Crippen molar-refractivity contribution in [1.82, 2.24) is 20.9 Å². The van der Waals surface area contributed by atoms with E-state index >= 15 is 0 Å². The lowest BCUT2D eigenvalue weighted by Crippen LogP contribution is -2.41. The van der Waals surface area contributed by atoms with Gasteiger partial charge in [0.05, 0.1) is 11.3 Å². The van der Waals surface area contributed by atoms with Crippen molar-refractivity contribution in [3.05, 3.63) is 70.4 Å². The summed E-state index contributed by atoms with van der Waals surface area (Å²) in [5, 5.41) is 29.8. The third-order valence-corrected chi connectivity index (χ3v) is 5.29. The van der Waals surface area contributed by atoms with E-state index in [0.29, 0.717) is 5.56 Å². The lowest BCUT2D eigenvalue weighted by Gasteiger charge is -2.24. The van der Waals surface area contributed by atoms with E-state index in [1.165, 1.54) is 12.1 Å². The summed E-state index contributed by atoms with van der Waals surface area (Å²) in [7, 11) is 0. The minimum absolute atomic E-state index is 0.0917. The Morgan fingerprint density at radius 2 is 1.41 bits per heavy atom. The van der Waals surface area contributed by atoms with Crippen LogP contribution in [0.25, 0.3) is 0 Å². The molecule has 0 saturated carbocycles. The number of anilines is 1. The zero-order valence-electron chi connectivity index (χ0n) is 18.3. The highest BCUT2D eigenvalue weighted by atomic mass is 16.8. The molecule has 4 N–H and O–H groups in total. The first-order chi connectivity index (χ1) is 15.6. The van der Waals surface area contributed by atoms with Crippen LogP contribution in [0.15, 0.2) is 48.5 Å². The van der Waals surface area contributed by atoms with E-state index in [2.05, 4.69) is 20.9 Å². The number of carbonyl (C=O) groups is 1. The summed E-state index contributed by atoms with van der Waals surface area (Å²) in [6, 6.07) is 13.7. The quantitative estimate of drug-likeness (QED) is 0.389. The first kappa shape index (κ1) is 24.1. The molecule has 1 saturated heterocycles. The number of hydrogen-bond acceptors (Lipinski definition) is 9. The summed E-state index contributed by atoms with van der Waals surface area (Å²) in [6.07, 6.45) is 0. The van der Waals surface area contributed by atoms with Crippen molar-refractivity contribution < 1.29 is 14.7 Å². The van der Waals surface area contributed by atoms with E-state index in [1.54, 1.807) is 24.3 Å². The number of benzene rings is 2. The molecule has 9 nitrogen and oxygen atoms in total. The minimum Gasteiger partial charge on any atom is -0.733 e. The van der Waals surface area contributed by atoms with Gasteiger partial charge in [-0.1, -0.05) is 24.3 Å². The summed E-state index contributed by atoms with van der Waals surface area (Å²) < 4.78 is 5.36. The largest absolute Gasteiger partial charge is 0.733 e. The highest BCUT2D eigenvalue weighted by Crippen LogP contribution is 2.14. The van der Waals surface area contributed by atoms with Crippen LogP contribution in [0.2, 0.25) is 0 Å². The molecule has 0 atom stereocenters. The lowest BCUT2D eigenvalue weighted by atomic mass is 10.1. The van der Waals surface area contributed by atoms with Gasteiger partial charge in [-0.15, -0.1) is 0 Å². The molecule has 0 amide bonds. The number of carbonyl (C=O) groups excluding carboxylic acids is 1. The third kappa shape index (κ3) is 8.19. The van der Waals surface area contributed by atoms with Crippen molar-refractivity contribution in [3.63, 3.8) is 0 Å². The van der Waals surface area contributed by atoms with Crippen LogP contribution in [-0.2, 0) is 17.9 Å². The van der Waals surface area contributed by atoms with E-state index in [1.807, 2.05) is 12.1 Å². The van der Waals surface area contributed by atoms with Gasteiger partial charge in [-0.25, -0.2) is 4.79 Å². The van der Waals surface area contributed by atoms with Crippen LogP contribution in [0.3, 0.4) is 0 Å². The van der Waals surface area contributed by atoms with Crippen molar-refractivity contribution in [2.75, 3.05) is 57.6 Å². The minimum atomic E-state index is -0.401. The molecule has 0 radical (unpaired) electrons. The van der Waals surface area contributed by atoms with E-state index < -0.39 is 5.97 Å². The fraction of sp³-hybridized carbons (Fsp3) is 0.435. The second-order valence-corrected chi connectivity index (χ2v) is 7.74. The van der Waals surface area contributed by atoms with E-state index in [0.717, 1.165) is 70.0 Å². The highest BCUT2D eigenvalue weighted by Gasteiger charge is 2.10. The number of rotatable bonds is 6. The molecule has 1 fully saturated rings. The van der Waals surface area contributed by atoms with E-state index in [-0.39, 0.29) is 17.5 Å². The Morgan fingerprint density at radius 3 is 1.97 bits per heavy atom. The van der Waals surface area contributed by atoms with Crippen molar-refractivity contribution in [1.29, 1.82) is 0 Å². The summed E-state index contributed by atoms with van der Waals surface area (Å²) in [5.41, 5.74) is 2.50. The van der Waals surface area contributed by atoms with Crippen molar-refractivity contribution >= 4 is 11.7 Å². The predicted molar refractivity (Wildman–Crippen MR) is 124 cm³/mol. The first-order valence-corrected chi connectivity index (χ1v) is 11.0. The summed E-state index contributed by atoms with van der Waals surface area (Å²) in [6.45, 7) is 8.61. The predicted octanol–water partition coefficient (Wildman–Crippen LogP) is 1.32. The molecule has 0 unspecified atom stereocenters. The molecule has 0 spiro atoms. The Balaban J connectivity index is 1.48. The number of nitrogens with one attached hydrogen (secondary N) is 3. The van der Waals surface area contributed by atoms with Gasteiger partial charge in [-0.2, -0.15) is 0 Å². The molecule has 2 aromatic rings. The van der Waals surface area contributed by atoms with E-state index in [9.17, 15) is 10.0 Å². The molecule has 0 aliphatic carbocycles. The fourth-order valence-electron chi connectivity index (χ4n) is 3.43. The Morgan fingerprint density at radius 1 is 0.875 bits per heavy atom. The molecule has 1 aliphatic rings. The summed E-state index contributed by atoms with van der Waals surface area (Å²) in [5.74, 6) is -0.401. The standard InChI is InChI=1S/C23H32N5O4/c29-23(32-18-20-3-7-22(8-4-20)28(30)31)21-5-1-19(2-6-21)17-27-15-13-25-11-9-24-10-12-26-14-16-27/h1-8,24-26,30H,9-18H2/q-1. The normalized spacial score (nSPS) is 16.6. The maximum absolute atomic E-state index is 12.4. The Kier molecular flexibility index (Phi) is 9.89. The van der Waals surface area contributed by atoms with Crippen LogP contribution in [-0.4, -0.2) is 68.4 Å². The molecule has 3 rings (SSSR count). The van der Waals surface area contributed by atoms with Crippen LogP contribution < -0.4 is 21.2 Å². The van der Waals surface area contributed by atoms with Gasteiger partial charge in [0.1, 0.15) is 6.61 Å². The monoisotopic (exact) mass is 442 g/mol. The molecule has 0 bridgehead atoms. The van der Waals surface area contributed by atoms with Crippen LogP contribution in [0.1, 0.15) is 21.5 Å². The van der Waals surface area contributed by atoms with Gasteiger partial charge in [0.25, 0.3) is 0 Å². The molecule has 174 valence electrons. The first-order valence-electron chi connectivity index (χ1n) is 11.0. The lowest BCUT2D eigenvalue weighted by molar-refractivity contribution is 0.0472. The molecule has 1 heterocycles. The van der Waals surface area contributed by atoms with Gasteiger partial charge >= 0.3 is 5.97 Å². The third-order valence-electron chi connectivity index (χ3n) is 5.29. The molecule has 2 aromatic carbocycles. The summed E-state index contributed by atoms with van der Waals surface area (Å²) >= 11 is 0. The Bertz CT molecular complexity index is 802. The number of nitrogens with zero attached hydrogens (tertiary/aromatic N) is 2. The second-order valence-electron chi connectivity index (χ2n) is 7.74. The molecule has 32 heavy (non-hydrogen) atoms. The zero-order chi connectivity index (χ0) is 22.6. The molecule has 9 heteroatoms. The summed E-state index contributed by atoms with van der Waals surface area (Å²) in [4.78, 5) is 14.8. The SMILES string of the molecule is O=C(OCc1ccc(N([O-])O)cc1)c1ccc(CN2CCNCCNCCNCC2)cc1. The Hall–Kier alpha value is -2.53. The number of ether oxygens (including phenoxy) is 1. The van der Waals surface area contributed by atoms with Crippen molar-refractivity contribution in [3.8, 4) is 0 Å². The average Bonchev–Trinajstić information content (AvgIpc) is 2.80. The van der Waals surface area contributed by atoms with Gasteiger partial charge in [0.2, 0.25) is 0 Å². The van der Waals surface area contributed by atoms with Gasteiger partial charge < -0.3 is 31.1 Å². The van der Waals surface area contributed by atoms with Crippen LogP contribution in [0.4, 0.5) is 5.69 Å². The molecular weight excluding hydrogens is 410 g/mol. The van der Waals surface area contributed by atoms with E-state index in [4.69, 9.17) is 9.94 Å². The average molecular weight is 443 g/mol. The maximum atomic E-state index is 12.4. The zero-order valence-corrected chi connectivity index (χ0v) is 18.3.